The quantitative estimate of drug-likeness (QED) is 0.803. The summed E-state index contributed by atoms with van der Waals surface area (Å²) in [6, 6.07) is 2.65. The Balaban J connectivity index is 1.77. The Kier molecular flexibility index (Phi) is 3.26. The van der Waals surface area contributed by atoms with Crippen LogP contribution in [-0.4, -0.2) is 23.5 Å². The highest BCUT2D eigenvalue weighted by atomic mass is 32.2. The lowest BCUT2D eigenvalue weighted by atomic mass is 9.93. The number of anilines is 2. The molecule has 0 fully saturated rings. The summed E-state index contributed by atoms with van der Waals surface area (Å²) >= 11 is 1.23. The van der Waals surface area contributed by atoms with Crippen molar-refractivity contribution >= 4 is 40.9 Å². The number of nitrogens with zero attached hydrogens (tertiary/aromatic N) is 1. The van der Waals surface area contributed by atoms with Gasteiger partial charge in [-0.05, 0) is 37.8 Å². The van der Waals surface area contributed by atoms with E-state index >= 15 is 0 Å². The Morgan fingerprint density at radius 2 is 1.70 bits per heavy atom. The van der Waals surface area contributed by atoms with E-state index in [1.165, 1.54) is 23.9 Å². The summed E-state index contributed by atoms with van der Waals surface area (Å²) in [6.45, 7) is 0. The fourth-order valence-electron chi connectivity index (χ4n) is 3.22. The van der Waals surface area contributed by atoms with E-state index in [0.29, 0.717) is 34.6 Å². The number of rotatable bonds is 1. The lowest BCUT2D eigenvalue weighted by Crippen LogP contribution is -2.32. The molecule has 0 saturated heterocycles. The van der Waals surface area contributed by atoms with Crippen LogP contribution in [0.2, 0.25) is 0 Å². The predicted octanol–water partition coefficient (Wildman–Crippen LogP) is 2.61. The summed E-state index contributed by atoms with van der Waals surface area (Å²) in [5.74, 6) is -1.45. The maximum atomic E-state index is 14.5. The molecule has 1 aromatic carbocycles. The van der Waals surface area contributed by atoms with Gasteiger partial charge < -0.3 is 5.32 Å². The minimum absolute atomic E-state index is 0.0871. The average Bonchev–Trinajstić information content (AvgIpc) is 2.79. The second kappa shape index (κ2) is 5.19. The number of fused-ring (bicyclic) bond motifs is 1. The second-order valence-electron chi connectivity index (χ2n) is 5.75. The molecule has 4 rings (SSSR count). The van der Waals surface area contributed by atoms with Crippen molar-refractivity contribution in [3.8, 4) is 0 Å². The number of nitrogens with one attached hydrogen (secondary N) is 1. The third-order valence-electron chi connectivity index (χ3n) is 4.31. The Bertz CT molecular complexity index is 775. The van der Waals surface area contributed by atoms with Crippen molar-refractivity contribution in [2.24, 2.45) is 0 Å². The molecule has 1 aliphatic carbocycles. The highest BCUT2D eigenvalue weighted by molar-refractivity contribution is 8.00. The summed E-state index contributed by atoms with van der Waals surface area (Å²) in [7, 11) is 0. The molecule has 0 bridgehead atoms. The number of hydrogen-bond donors (Lipinski definition) is 1. The summed E-state index contributed by atoms with van der Waals surface area (Å²) in [5, 5.41) is 2.65. The predicted molar refractivity (Wildman–Crippen MR) is 83.7 cm³/mol. The van der Waals surface area contributed by atoms with E-state index in [1.54, 1.807) is 0 Å². The van der Waals surface area contributed by atoms with Gasteiger partial charge in [-0.3, -0.25) is 14.4 Å². The van der Waals surface area contributed by atoms with Gasteiger partial charge in [0.25, 0.3) is 11.8 Å². The van der Waals surface area contributed by atoms with Crippen molar-refractivity contribution in [1.82, 2.24) is 0 Å². The van der Waals surface area contributed by atoms with Crippen molar-refractivity contribution in [2.75, 3.05) is 16.0 Å². The zero-order chi connectivity index (χ0) is 16.1. The van der Waals surface area contributed by atoms with E-state index in [2.05, 4.69) is 5.32 Å². The molecule has 2 heterocycles. The minimum atomic E-state index is -0.631. The summed E-state index contributed by atoms with van der Waals surface area (Å²) in [5.41, 5.74) is 1.37. The van der Waals surface area contributed by atoms with Gasteiger partial charge in [0.2, 0.25) is 5.91 Å². The number of hydrogen-bond acceptors (Lipinski definition) is 4. The molecule has 2 aliphatic heterocycles. The van der Waals surface area contributed by atoms with Crippen molar-refractivity contribution in [2.45, 2.75) is 30.6 Å². The minimum Gasteiger partial charge on any atom is -0.324 e. The molecule has 5 nitrogen and oxygen atoms in total. The Labute approximate surface area is 135 Å². The van der Waals surface area contributed by atoms with Crippen molar-refractivity contribution in [3.05, 3.63) is 29.1 Å². The third-order valence-corrected chi connectivity index (χ3v) is 5.37. The van der Waals surface area contributed by atoms with Gasteiger partial charge in [-0.15, -0.1) is 11.8 Å². The van der Waals surface area contributed by atoms with E-state index in [0.717, 1.165) is 17.7 Å². The van der Waals surface area contributed by atoms with Crippen molar-refractivity contribution in [3.63, 3.8) is 0 Å². The number of amides is 3. The molecule has 118 valence electrons. The molecule has 1 N–H and O–H groups in total. The van der Waals surface area contributed by atoms with Crippen LogP contribution in [0, 0.1) is 5.82 Å². The lowest BCUT2D eigenvalue weighted by Gasteiger charge is -2.21. The van der Waals surface area contributed by atoms with Crippen LogP contribution in [0.25, 0.3) is 0 Å². The fourth-order valence-corrected chi connectivity index (χ4v) is 4.03. The van der Waals surface area contributed by atoms with Crippen LogP contribution >= 0.6 is 11.8 Å². The summed E-state index contributed by atoms with van der Waals surface area (Å²) < 4.78 is 14.5. The monoisotopic (exact) mass is 332 g/mol. The van der Waals surface area contributed by atoms with Gasteiger partial charge in [-0.25, -0.2) is 9.29 Å². The maximum Gasteiger partial charge on any atom is 0.261 e. The van der Waals surface area contributed by atoms with Crippen molar-refractivity contribution in [1.29, 1.82) is 0 Å². The zero-order valence-corrected chi connectivity index (χ0v) is 13.0. The van der Waals surface area contributed by atoms with Crippen LogP contribution < -0.4 is 10.2 Å². The number of halogens is 1. The lowest BCUT2D eigenvalue weighted by molar-refractivity contribution is -0.120. The molecule has 7 heteroatoms. The maximum absolute atomic E-state index is 14.5. The molecular weight excluding hydrogens is 319 g/mol. The largest absolute Gasteiger partial charge is 0.324 e. The number of thioether (sulfide) groups is 1. The van der Waals surface area contributed by atoms with E-state index in [-0.39, 0.29) is 17.3 Å². The smallest absolute Gasteiger partial charge is 0.261 e. The Hall–Kier alpha value is -2.15. The molecule has 3 amide bonds. The zero-order valence-electron chi connectivity index (χ0n) is 12.1. The topological polar surface area (TPSA) is 66.5 Å². The van der Waals surface area contributed by atoms with E-state index in [9.17, 15) is 18.8 Å². The normalized spacial score (nSPS) is 20.6. The molecule has 1 aromatic rings. The first-order valence-corrected chi connectivity index (χ1v) is 8.42. The van der Waals surface area contributed by atoms with Crippen LogP contribution in [0.3, 0.4) is 0 Å². The Morgan fingerprint density at radius 3 is 2.35 bits per heavy atom. The number of benzene rings is 1. The number of imide groups is 1. The highest BCUT2D eigenvalue weighted by Crippen LogP contribution is 2.40. The molecule has 0 aromatic heterocycles. The first-order valence-electron chi connectivity index (χ1n) is 7.43. The summed E-state index contributed by atoms with van der Waals surface area (Å²) in [4.78, 5) is 38.1. The van der Waals surface area contributed by atoms with E-state index in [4.69, 9.17) is 0 Å². The number of carbonyl (C=O) groups excluding carboxylic acids is 3. The third kappa shape index (κ3) is 2.18. The van der Waals surface area contributed by atoms with Gasteiger partial charge in [0.15, 0.2) is 0 Å². The first kappa shape index (κ1) is 14.4. The van der Waals surface area contributed by atoms with Crippen LogP contribution in [0.1, 0.15) is 25.7 Å². The SMILES string of the molecule is O=C1CSc2cc(F)c(N3C(=O)C4=C(CCCC4)C3=O)cc2N1. The molecule has 0 radical (unpaired) electrons. The van der Waals surface area contributed by atoms with Crippen molar-refractivity contribution < 1.29 is 18.8 Å². The van der Waals surface area contributed by atoms with E-state index < -0.39 is 17.6 Å². The van der Waals surface area contributed by atoms with Gasteiger partial charge in [0.05, 0.1) is 17.1 Å². The second-order valence-corrected chi connectivity index (χ2v) is 6.76. The molecule has 0 spiro atoms. The first-order chi connectivity index (χ1) is 11.1. The van der Waals surface area contributed by atoms with Gasteiger partial charge in [0, 0.05) is 16.0 Å². The fraction of sp³-hybridized carbons (Fsp3) is 0.312. The average molecular weight is 332 g/mol. The Morgan fingerprint density at radius 1 is 1.04 bits per heavy atom. The molecule has 23 heavy (non-hydrogen) atoms. The highest BCUT2D eigenvalue weighted by Gasteiger charge is 2.41. The molecule has 0 unspecified atom stereocenters. The molecular formula is C16H13FN2O3S. The standard InChI is InChI=1S/C16H13FN2O3S/c17-10-5-13-11(18-14(20)7-23-13)6-12(10)19-15(21)8-3-1-2-4-9(8)16(19)22/h5-6H,1-4,7H2,(H,18,20). The number of carbonyl (C=O) groups is 3. The van der Waals surface area contributed by atoms with Crippen LogP contribution in [-0.2, 0) is 14.4 Å². The van der Waals surface area contributed by atoms with Gasteiger partial charge in [-0.2, -0.15) is 0 Å². The van der Waals surface area contributed by atoms with Crippen LogP contribution in [0.4, 0.5) is 15.8 Å². The van der Waals surface area contributed by atoms with Crippen LogP contribution in [0.15, 0.2) is 28.2 Å². The molecule has 0 saturated carbocycles. The molecule has 0 atom stereocenters. The summed E-state index contributed by atoms with van der Waals surface area (Å²) in [6.07, 6.45) is 2.86. The van der Waals surface area contributed by atoms with Gasteiger partial charge in [-0.1, -0.05) is 0 Å². The van der Waals surface area contributed by atoms with Gasteiger partial charge in [0.1, 0.15) is 5.82 Å². The van der Waals surface area contributed by atoms with Crippen LogP contribution in [0.5, 0.6) is 0 Å². The van der Waals surface area contributed by atoms with Gasteiger partial charge >= 0.3 is 0 Å². The van der Waals surface area contributed by atoms with E-state index in [1.807, 2.05) is 0 Å². The molecule has 3 aliphatic rings.